The third kappa shape index (κ3) is 4.07. The molecule has 0 aromatic heterocycles. The SMILES string of the molecule is Cc1cc([N+](=O)[O-])cc(C=NN=C2NC(=O)C(CC(=O)O)S2)c1O. The fraction of sp³-hybridized carbons (Fsp3) is 0.231. The zero-order chi connectivity index (χ0) is 17.9. The number of nitro benzene ring substituents is 1. The standard InChI is InChI=1S/C13H12N4O6S/c1-6-2-8(17(22)23)3-7(11(6)20)5-14-16-13-15-12(21)9(24-13)4-10(18)19/h2-3,5,9,20H,4H2,1H3,(H,18,19)(H,15,16,21). The monoisotopic (exact) mass is 352 g/mol. The molecule has 1 aliphatic rings. The van der Waals surface area contributed by atoms with E-state index in [0.29, 0.717) is 5.56 Å². The van der Waals surface area contributed by atoms with Crippen molar-refractivity contribution in [2.75, 3.05) is 0 Å². The number of nitro groups is 1. The van der Waals surface area contributed by atoms with Crippen LogP contribution in [-0.2, 0) is 9.59 Å². The summed E-state index contributed by atoms with van der Waals surface area (Å²) < 4.78 is 0. The Morgan fingerprint density at radius 2 is 2.25 bits per heavy atom. The van der Waals surface area contributed by atoms with Gasteiger partial charge in [0, 0.05) is 17.7 Å². The first-order valence-corrected chi connectivity index (χ1v) is 7.44. The Hall–Kier alpha value is -2.95. The highest BCUT2D eigenvalue weighted by Crippen LogP contribution is 2.26. The minimum Gasteiger partial charge on any atom is -0.507 e. The maximum absolute atomic E-state index is 11.5. The molecule has 1 heterocycles. The predicted molar refractivity (Wildman–Crippen MR) is 86.3 cm³/mol. The number of rotatable bonds is 5. The number of phenolic OH excluding ortho intramolecular Hbond substituents is 1. The van der Waals surface area contributed by atoms with E-state index in [-0.39, 0.29) is 28.6 Å². The summed E-state index contributed by atoms with van der Waals surface area (Å²) in [6, 6.07) is 2.36. The highest BCUT2D eigenvalue weighted by Gasteiger charge is 2.32. The highest BCUT2D eigenvalue weighted by molar-refractivity contribution is 8.15. The zero-order valence-corrected chi connectivity index (χ0v) is 13.1. The number of phenols is 1. The molecular weight excluding hydrogens is 340 g/mol. The van der Waals surface area contributed by atoms with E-state index in [4.69, 9.17) is 5.11 Å². The largest absolute Gasteiger partial charge is 0.507 e. The van der Waals surface area contributed by atoms with Gasteiger partial charge in [-0.3, -0.25) is 19.7 Å². The van der Waals surface area contributed by atoms with Gasteiger partial charge in [-0.1, -0.05) is 11.8 Å². The van der Waals surface area contributed by atoms with Crippen molar-refractivity contribution in [3.05, 3.63) is 33.4 Å². The molecule has 3 N–H and O–H groups in total. The molecule has 10 nitrogen and oxygen atoms in total. The van der Waals surface area contributed by atoms with Crippen LogP contribution in [0.4, 0.5) is 5.69 Å². The Morgan fingerprint density at radius 1 is 1.54 bits per heavy atom. The van der Waals surface area contributed by atoms with Gasteiger partial charge in [-0.2, -0.15) is 5.10 Å². The zero-order valence-electron chi connectivity index (χ0n) is 12.3. The summed E-state index contributed by atoms with van der Waals surface area (Å²) in [6.45, 7) is 1.51. The normalized spacial score (nSPS) is 19.0. The number of aryl methyl sites for hydroxylation is 1. The Kier molecular flexibility index (Phi) is 5.14. The number of carboxylic acid groups (broad SMARTS) is 1. The molecule has 1 unspecified atom stereocenters. The predicted octanol–water partition coefficient (Wildman–Crippen LogP) is 1.01. The average Bonchev–Trinajstić information content (AvgIpc) is 2.82. The van der Waals surface area contributed by atoms with Gasteiger partial charge < -0.3 is 15.5 Å². The lowest BCUT2D eigenvalue weighted by Gasteiger charge is -2.02. The molecule has 126 valence electrons. The second-order valence-corrected chi connectivity index (χ2v) is 5.99. The molecular formula is C13H12N4O6S. The molecule has 0 aliphatic carbocycles. The van der Waals surface area contributed by atoms with Gasteiger partial charge in [-0.05, 0) is 12.5 Å². The van der Waals surface area contributed by atoms with Crippen molar-refractivity contribution in [2.24, 2.45) is 10.2 Å². The van der Waals surface area contributed by atoms with Crippen LogP contribution in [0.15, 0.2) is 22.3 Å². The number of benzene rings is 1. The van der Waals surface area contributed by atoms with E-state index >= 15 is 0 Å². The van der Waals surface area contributed by atoms with Crippen LogP contribution < -0.4 is 5.32 Å². The number of carbonyl (C=O) groups excluding carboxylic acids is 1. The minimum absolute atomic E-state index is 0.0995. The van der Waals surface area contributed by atoms with Crippen molar-refractivity contribution in [1.29, 1.82) is 0 Å². The summed E-state index contributed by atoms with van der Waals surface area (Å²) >= 11 is 0.922. The van der Waals surface area contributed by atoms with Gasteiger partial charge in [0.25, 0.3) is 5.69 Å². The molecule has 1 aliphatic heterocycles. The highest BCUT2D eigenvalue weighted by atomic mass is 32.2. The van der Waals surface area contributed by atoms with Crippen LogP contribution >= 0.6 is 11.8 Å². The van der Waals surface area contributed by atoms with Crippen molar-refractivity contribution < 1.29 is 24.7 Å². The number of aromatic hydroxyl groups is 1. The maximum Gasteiger partial charge on any atom is 0.305 e. The van der Waals surface area contributed by atoms with E-state index in [1.165, 1.54) is 13.0 Å². The van der Waals surface area contributed by atoms with Crippen molar-refractivity contribution in [3.63, 3.8) is 0 Å². The number of nitrogens with zero attached hydrogens (tertiary/aromatic N) is 3. The van der Waals surface area contributed by atoms with Gasteiger partial charge >= 0.3 is 5.97 Å². The minimum atomic E-state index is -1.11. The van der Waals surface area contributed by atoms with E-state index in [1.807, 2.05) is 0 Å². The summed E-state index contributed by atoms with van der Waals surface area (Å²) in [4.78, 5) is 32.4. The fourth-order valence-corrected chi connectivity index (χ4v) is 2.79. The summed E-state index contributed by atoms with van der Waals surface area (Å²) in [5.41, 5.74) is 0.204. The van der Waals surface area contributed by atoms with Gasteiger partial charge in [-0.15, -0.1) is 5.10 Å². The van der Waals surface area contributed by atoms with Crippen LogP contribution in [0, 0.1) is 17.0 Å². The van der Waals surface area contributed by atoms with E-state index in [9.17, 15) is 24.8 Å². The first kappa shape index (κ1) is 17.4. The number of non-ortho nitro benzene ring substituents is 1. The molecule has 2 rings (SSSR count). The van der Waals surface area contributed by atoms with E-state index in [2.05, 4.69) is 15.5 Å². The van der Waals surface area contributed by atoms with Crippen molar-refractivity contribution in [3.8, 4) is 5.75 Å². The summed E-state index contributed by atoms with van der Waals surface area (Å²) in [5, 5.41) is 38.5. The third-order valence-electron chi connectivity index (χ3n) is 3.01. The average molecular weight is 352 g/mol. The second kappa shape index (κ2) is 7.08. The van der Waals surface area contributed by atoms with Gasteiger partial charge in [0.15, 0.2) is 5.17 Å². The Bertz CT molecular complexity index is 776. The number of hydrogen-bond donors (Lipinski definition) is 3. The molecule has 1 saturated heterocycles. The van der Waals surface area contributed by atoms with Crippen LogP contribution in [0.25, 0.3) is 0 Å². The number of carboxylic acids is 1. The lowest BCUT2D eigenvalue weighted by atomic mass is 10.1. The van der Waals surface area contributed by atoms with E-state index in [0.717, 1.165) is 24.0 Å². The lowest BCUT2D eigenvalue weighted by Crippen LogP contribution is -2.26. The molecule has 0 bridgehead atoms. The summed E-state index contributed by atoms with van der Waals surface area (Å²) in [6.07, 6.45) is 0.768. The van der Waals surface area contributed by atoms with Crippen LogP contribution in [0.5, 0.6) is 5.75 Å². The van der Waals surface area contributed by atoms with Crippen molar-refractivity contribution in [1.82, 2.24) is 5.32 Å². The number of aliphatic carboxylic acids is 1. The molecule has 0 saturated carbocycles. The van der Waals surface area contributed by atoms with Gasteiger partial charge in [0.1, 0.15) is 11.0 Å². The Balaban J connectivity index is 2.16. The molecule has 1 aromatic rings. The third-order valence-corrected chi connectivity index (χ3v) is 4.08. The molecule has 1 amide bonds. The number of thioether (sulfide) groups is 1. The van der Waals surface area contributed by atoms with Crippen molar-refractivity contribution in [2.45, 2.75) is 18.6 Å². The molecule has 1 aromatic carbocycles. The maximum atomic E-state index is 11.5. The molecule has 1 fully saturated rings. The number of amidine groups is 1. The topological polar surface area (TPSA) is 154 Å². The Morgan fingerprint density at radius 3 is 2.88 bits per heavy atom. The molecule has 11 heteroatoms. The Labute approximate surface area is 139 Å². The van der Waals surface area contributed by atoms with Crippen LogP contribution in [-0.4, -0.2) is 43.6 Å². The lowest BCUT2D eigenvalue weighted by molar-refractivity contribution is -0.384. The molecule has 0 radical (unpaired) electrons. The first-order chi connectivity index (χ1) is 11.3. The van der Waals surface area contributed by atoms with E-state index < -0.39 is 22.0 Å². The van der Waals surface area contributed by atoms with E-state index in [1.54, 1.807) is 0 Å². The number of carbonyl (C=O) groups is 2. The van der Waals surface area contributed by atoms with Crippen LogP contribution in [0.3, 0.4) is 0 Å². The smallest absolute Gasteiger partial charge is 0.305 e. The molecule has 24 heavy (non-hydrogen) atoms. The number of nitrogens with one attached hydrogen (secondary N) is 1. The molecule has 0 spiro atoms. The number of amides is 1. The fourth-order valence-electron chi connectivity index (χ4n) is 1.88. The quantitative estimate of drug-likeness (QED) is 0.405. The van der Waals surface area contributed by atoms with Gasteiger partial charge in [0.05, 0.1) is 17.6 Å². The first-order valence-electron chi connectivity index (χ1n) is 6.56. The number of hydrogen-bond acceptors (Lipinski definition) is 8. The second-order valence-electron chi connectivity index (χ2n) is 4.80. The van der Waals surface area contributed by atoms with Gasteiger partial charge in [-0.25, -0.2) is 0 Å². The summed E-state index contributed by atoms with van der Waals surface area (Å²) in [5.74, 6) is -1.76. The summed E-state index contributed by atoms with van der Waals surface area (Å²) in [7, 11) is 0. The van der Waals surface area contributed by atoms with Crippen LogP contribution in [0.2, 0.25) is 0 Å². The van der Waals surface area contributed by atoms with Gasteiger partial charge in [0.2, 0.25) is 5.91 Å². The van der Waals surface area contributed by atoms with Crippen LogP contribution in [0.1, 0.15) is 17.5 Å². The molecule has 1 atom stereocenters. The van der Waals surface area contributed by atoms with Crippen molar-refractivity contribution >= 4 is 40.7 Å².